The van der Waals surface area contributed by atoms with Crippen LogP contribution in [0.15, 0.2) is 0 Å². The summed E-state index contributed by atoms with van der Waals surface area (Å²) in [5.41, 5.74) is 0. The van der Waals surface area contributed by atoms with Gasteiger partial charge < -0.3 is 0 Å². The van der Waals surface area contributed by atoms with Gasteiger partial charge in [0.1, 0.15) is 0 Å². The first-order chi connectivity index (χ1) is 8.49. The molecule has 0 aliphatic rings. The Hall–Kier alpha value is -2.37. The van der Waals surface area contributed by atoms with Crippen molar-refractivity contribution in [3.05, 3.63) is 0 Å². The summed E-state index contributed by atoms with van der Waals surface area (Å²) in [6, 6.07) is 10.5. The number of hydrogen-bond acceptors (Lipinski definition) is 6. The molecule has 0 aromatic carbocycles. The first-order valence-corrected chi connectivity index (χ1v) is 4.34. The third-order valence-corrected chi connectivity index (χ3v) is 0. The second kappa shape index (κ2) is 254. The molecule has 0 fully saturated rings. The third-order valence-electron chi connectivity index (χ3n) is 0. The predicted octanol–water partition coefficient (Wildman–Crippen LogP) is 3.18. The van der Waals surface area contributed by atoms with Gasteiger partial charge in [-0.2, -0.15) is 31.6 Å². The van der Waals surface area contributed by atoms with E-state index in [-0.39, 0.29) is 21.1 Å². The van der Waals surface area contributed by atoms with Gasteiger partial charge in [0.25, 0.3) is 0 Å². The van der Waals surface area contributed by atoms with Gasteiger partial charge in [0.05, 0.1) is 36.4 Å². The molecule has 0 heterocycles. The number of rotatable bonds is 0. The summed E-state index contributed by atoms with van der Waals surface area (Å²) >= 11 is 0. The van der Waals surface area contributed by atoms with E-state index >= 15 is 0 Å². The van der Waals surface area contributed by atoms with Crippen molar-refractivity contribution in [3.8, 4) is 36.4 Å². The monoisotopic (exact) mass is 430 g/mol. The van der Waals surface area contributed by atoms with Crippen LogP contribution in [0.25, 0.3) is 0 Å². The van der Waals surface area contributed by atoms with Gasteiger partial charge in [-0.1, -0.05) is 0 Å². The molecule has 0 unspecified atom stereocenters. The van der Waals surface area contributed by atoms with Gasteiger partial charge in [-0.15, -0.1) is 0 Å². The molecule has 0 aromatic rings. The van der Waals surface area contributed by atoms with Gasteiger partial charge >= 0.3 is 0 Å². The topological polar surface area (TPSA) is 143 Å². The molecule has 19 heavy (non-hydrogen) atoms. The van der Waals surface area contributed by atoms with Crippen LogP contribution in [0.3, 0.4) is 0 Å². The minimum Gasteiger partial charge on any atom is -0.199 e. The normalized spacial score (nSPS) is 2.53. The molecule has 0 bridgehead atoms. The molecule has 0 saturated carbocycles. The molecule has 0 aliphatic heterocycles. The zero-order valence-corrected chi connectivity index (χ0v) is 15.0. The second-order valence-electron chi connectivity index (χ2n) is 1.34. The van der Waals surface area contributed by atoms with E-state index in [1.807, 2.05) is 0 Å². The van der Waals surface area contributed by atoms with Crippen LogP contribution in [0.1, 0.15) is 41.5 Å². The van der Waals surface area contributed by atoms with Gasteiger partial charge in [-0.3, -0.25) is 0 Å². The van der Waals surface area contributed by atoms with Crippen molar-refractivity contribution in [3.63, 3.8) is 0 Å². The maximum Gasteiger partial charge on any atom is 0.0587 e. The summed E-state index contributed by atoms with van der Waals surface area (Å²) in [5.74, 6) is 0. The standard InChI is InChI=1S/6C2H3N.W/c6*1-2-3;/h6*1H3;. The quantitative estimate of drug-likeness (QED) is 0.578. The smallest absolute Gasteiger partial charge is 0.0587 e. The molecule has 0 radical (unpaired) electrons. The Kier molecular flexibility index (Phi) is 586. The van der Waals surface area contributed by atoms with Gasteiger partial charge in [0.2, 0.25) is 0 Å². The third kappa shape index (κ3) is 516. The first-order valence-electron chi connectivity index (χ1n) is 4.34. The van der Waals surface area contributed by atoms with Crippen LogP contribution in [0, 0.1) is 68.0 Å². The Bertz CT molecular complexity index is 244. The van der Waals surface area contributed by atoms with Crippen molar-refractivity contribution < 1.29 is 21.1 Å². The Morgan fingerprint density at radius 3 is 0.368 bits per heavy atom. The zero-order valence-electron chi connectivity index (χ0n) is 12.1. The van der Waals surface area contributed by atoms with Crippen LogP contribution < -0.4 is 0 Å². The second-order valence-corrected chi connectivity index (χ2v) is 1.34. The van der Waals surface area contributed by atoms with E-state index < -0.39 is 0 Å². The van der Waals surface area contributed by atoms with Crippen molar-refractivity contribution in [2.24, 2.45) is 0 Å². The number of nitrogens with zero attached hydrogens (tertiary/aromatic N) is 6. The van der Waals surface area contributed by atoms with E-state index in [9.17, 15) is 0 Å². The maximum atomic E-state index is 7.32. The van der Waals surface area contributed by atoms with E-state index in [2.05, 4.69) is 0 Å². The summed E-state index contributed by atoms with van der Waals surface area (Å²) < 4.78 is 0. The van der Waals surface area contributed by atoms with Gasteiger partial charge in [-0.05, 0) is 0 Å². The molecular weight excluding hydrogens is 412 g/mol. The molecule has 0 amide bonds. The minimum absolute atomic E-state index is 0. The van der Waals surface area contributed by atoms with Crippen LogP contribution in [0.4, 0.5) is 0 Å². The molecule has 0 spiro atoms. The van der Waals surface area contributed by atoms with Crippen molar-refractivity contribution in [2.45, 2.75) is 41.5 Å². The van der Waals surface area contributed by atoms with E-state index in [4.69, 9.17) is 31.6 Å². The first kappa shape index (κ1) is 43.8. The van der Waals surface area contributed by atoms with Crippen LogP contribution in [0.5, 0.6) is 0 Å². The van der Waals surface area contributed by atoms with E-state index in [1.54, 1.807) is 36.4 Å². The fourth-order valence-corrected chi connectivity index (χ4v) is 0. The molecule has 6 nitrogen and oxygen atoms in total. The minimum atomic E-state index is 0. The van der Waals surface area contributed by atoms with Crippen LogP contribution in [0.2, 0.25) is 0 Å². The van der Waals surface area contributed by atoms with E-state index in [1.165, 1.54) is 41.5 Å². The largest absolute Gasteiger partial charge is 0.199 e. The van der Waals surface area contributed by atoms with Gasteiger partial charge in [0, 0.05) is 62.6 Å². The van der Waals surface area contributed by atoms with Crippen molar-refractivity contribution in [2.75, 3.05) is 0 Å². The molecule has 7 heteroatoms. The SMILES string of the molecule is CC#N.CC#N.CC#N.CC#N.CC#N.CC#N.[W]. The van der Waals surface area contributed by atoms with E-state index in [0.717, 1.165) is 0 Å². The van der Waals surface area contributed by atoms with E-state index in [0.29, 0.717) is 0 Å². The average Bonchev–Trinajstić information content (AvgIpc) is 2.23. The van der Waals surface area contributed by atoms with Crippen LogP contribution in [-0.4, -0.2) is 0 Å². The Balaban J connectivity index is -0.0000000180. The average molecular weight is 430 g/mol. The summed E-state index contributed by atoms with van der Waals surface area (Å²) in [6.45, 7) is 8.58. The molecule has 0 aromatic heterocycles. The Labute approximate surface area is 131 Å². The van der Waals surface area contributed by atoms with Crippen LogP contribution >= 0.6 is 0 Å². The summed E-state index contributed by atoms with van der Waals surface area (Å²) in [5, 5.41) is 43.9. The maximum absolute atomic E-state index is 7.32. The fraction of sp³-hybridized carbons (Fsp3) is 0.500. The van der Waals surface area contributed by atoms with Crippen LogP contribution in [-0.2, 0) is 21.1 Å². The van der Waals surface area contributed by atoms with Crippen molar-refractivity contribution >= 4 is 0 Å². The number of hydrogen-bond donors (Lipinski definition) is 0. The van der Waals surface area contributed by atoms with Crippen molar-refractivity contribution in [1.29, 1.82) is 31.6 Å². The molecule has 0 aliphatic carbocycles. The molecule has 0 saturated heterocycles. The summed E-state index contributed by atoms with van der Waals surface area (Å²) in [6.07, 6.45) is 0. The zero-order chi connectivity index (χ0) is 16.2. The molecular formula is C12H18N6W. The molecule has 0 rings (SSSR count). The number of nitriles is 6. The Morgan fingerprint density at radius 1 is 0.368 bits per heavy atom. The van der Waals surface area contributed by atoms with Gasteiger partial charge in [0.15, 0.2) is 0 Å². The molecule has 0 atom stereocenters. The molecule has 0 N–H and O–H groups in total. The molecule has 102 valence electrons. The van der Waals surface area contributed by atoms with Gasteiger partial charge in [-0.25, -0.2) is 0 Å². The predicted molar refractivity (Wildman–Crippen MR) is 67.7 cm³/mol. The summed E-state index contributed by atoms with van der Waals surface area (Å²) in [7, 11) is 0. The Morgan fingerprint density at radius 2 is 0.368 bits per heavy atom. The van der Waals surface area contributed by atoms with Crippen molar-refractivity contribution in [1.82, 2.24) is 0 Å². The summed E-state index contributed by atoms with van der Waals surface area (Å²) in [4.78, 5) is 0. The fourth-order valence-electron chi connectivity index (χ4n) is 0.